The van der Waals surface area contributed by atoms with Crippen molar-refractivity contribution in [2.45, 2.75) is 6.42 Å². The zero-order valence-electron chi connectivity index (χ0n) is 6.50. The number of esters is 1. The summed E-state index contributed by atoms with van der Waals surface area (Å²) in [6.07, 6.45) is 0.486. The highest BCUT2D eigenvalue weighted by atomic mass is 16.5. The monoisotopic (exact) mass is 158 g/mol. The van der Waals surface area contributed by atoms with Crippen molar-refractivity contribution in [1.82, 2.24) is 0 Å². The number of carbonyl (C=O) groups excluding carboxylic acids is 2. The van der Waals surface area contributed by atoms with E-state index in [1.54, 1.807) is 0 Å². The van der Waals surface area contributed by atoms with Gasteiger partial charge in [0.05, 0.1) is 26.6 Å². The molecule has 2 N–H and O–H groups in total. The molecule has 0 amide bonds. The van der Waals surface area contributed by atoms with E-state index in [0.717, 1.165) is 6.54 Å². The first-order chi connectivity index (χ1) is 5.25. The zero-order chi connectivity index (χ0) is 8.27. The first kappa shape index (κ1) is 8.20. The number of quaternary nitrogens is 1. The second-order valence-electron chi connectivity index (χ2n) is 2.61. The molecule has 0 bridgehead atoms. The molecular formula is C7H12NO3+. The number of ether oxygens (including phenoxy) is 1. The average Bonchev–Trinajstić information content (AvgIpc) is 2.04. The lowest BCUT2D eigenvalue weighted by atomic mass is 9.98. The molecule has 11 heavy (non-hydrogen) atoms. The quantitative estimate of drug-likeness (QED) is 0.366. The molecule has 1 fully saturated rings. The first-order valence-electron chi connectivity index (χ1n) is 3.68. The highest BCUT2D eigenvalue weighted by Gasteiger charge is 2.31. The molecule has 0 saturated carbocycles. The normalized spacial score (nSPS) is 24.8. The van der Waals surface area contributed by atoms with E-state index >= 15 is 0 Å². The van der Waals surface area contributed by atoms with Gasteiger partial charge in [-0.05, 0) is 0 Å². The Bertz CT molecular complexity index is 171. The lowest BCUT2D eigenvalue weighted by Crippen LogP contribution is -2.88. The number of rotatable bonds is 1. The van der Waals surface area contributed by atoms with Crippen LogP contribution in [0.25, 0.3) is 0 Å². The third-order valence-corrected chi connectivity index (χ3v) is 1.87. The van der Waals surface area contributed by atoms with Crippen LogP contribution in [0.4, 0.5) is 0 Å². The second kappa shape index (κ2) is 3.48. The number of Topliss-reactive ketones (excluding diaryl/α,β-unsaturated/α-hetero) is 1. The van der Waals surface area contributed by atoms with Gasteiger partial charge in [0.2, 0.25) is 0 Å². The third kappa shape index (κ3) is 1.77. The Hall–Kier alpha value is -0.900. The predicted molar refractivity (Wildman–Crippen MR) is 36.8 cm³/mol. The number of piperidine rings is 1. The second-order valence-corrected chi connectivity index (χ2v) is 2.61. The minimum Gasteiger partial charge on any atom is -0.468 e. The Kier molecular flexibility index (Phi) is 2.59. The van der Waals surface area contributed by atoms with Crippen molar-refractivity contribution in [3.05, 3.63) is 0 Å². The summed E-state index contributed by atoms with van der Waals surface area (Å²) in [5.41, 5.74) is 0. The van der Waals surface area contributed by atoms with Crippen LogP contribution in [0.15, 0.2) is 0 Å². The van der Waals surface area contributed by atoms with E-state index in [2.05, 4.69) is 4.74 Å². The van der Waals surface area contributed by atoms with Crippen LogP contribution < -0.4 is 5.32 Å². The van der Waals surface area contributed by atoms with E-state index < -0.39 is 11.9 Å². The van der Waals surface area contributed by atoms with Gasteiger partial charge in [0.1, 0.15) is 0 Å². The van der Waals surface area contributed by atoms with Gasteiger partial charge in [0.15, 0.2) is 11.7 Å². The summed E-state index contributed by atoms with van der Waals surface area (Å²) in [4.78, 5) is 22.0. The van der Waals surface area contributed by atoms with E-state index in [0.29, 0.717) is 13.0 Å². The largest absolute Gasteiger partial charge is 0.468 e. The van der Waals surface area contributed by atoms with Crippen LogP contribution in [-0.4, -0.2) is 32.0 Å². The molecule has 1 aliphatic rings. The summed E-state index contributed by atoms with van der Waals surface area (Å²) in [5.74, 6) is -0.904. The fourth-order valence-electron chi connectivity index (χ4n) is 1.20. The summed E-state index contributed by atoms with van der Waals surface area (Å²) in [7, 11) is 1.31. The minimum atomic E-state index is -0.520. The zero-order valence-corrected chi connectivity index (χ0v) is 6.50. The fraction of sp³-hybridized carbons (Fsp3) is 0.714. The number of hydrogen-bond acceptors (Lipinski definition) is 3. The summed E-state index contributed by atoms with van der Waals surface area (Å²) < 4.78 is 4.48. The van der Waals surface area contributed by atoms with Crippen LogP contribution in [0.2, 0.25) is 0 Å². The van der Waals surface area contributed by atoms with Crippen molar-refractivity contribution in [3.8, 4) is 0 Å². The number of carbonyl (C=O) groups is 2. The van der Waals surface area contributed by atoms with E-state index in [-0.39, 0.29) is 5.78 Å². The van der Waals surface area contributed by atoms with Crippen LogP contribution in [0.3, 0.4) is 0 Å². The molecule has 0 aromatic heterocycles. The minimum absolute atomic E-state index is 0.0133. The van der Waals surface area contributed by atoms with Crippen molar-refractivity contribution in [2.75, 3.05) is 20.2 Å². The lowest BCUT2D eigenvalue weighted by Gasteiger charge is -2.16. The van der Waals surface area contributed by atoms with Gasteiger partial charge in [-0.3, -0.25) is 9.59 Å². The molecule has 1 heterocycles. The van der Waals surface area contributed by atoms with Crippen LogP contribution in [0.5, 0.6) is 0 Å². The maximum atomic E-state index is 11.1. The van der Waals surface area contributed by atoms with Crippen molar-refractivity contribution in [1.29, 1.82) is 0 Å². The molecule has 1 saturated heterocycles. The van der Waals surface area contributed by atoms with Gasteiger partial charge in [0.25, 0.3) is 0 Å². The van der Waals surface area contributed by atoms with E-state index in [4.69, 9.17) is 0 Å². The number of ketones is 1. The molecule has 1 rings (SSSR count). The molecule has 4 nitrogen and oxygen atoms in total. The van der Waals surface area contributed by atoms with Crippen LogP contribution >= 0.6 is 0 Å². The van der Waals surface area contributed by atoms with Gasteiger partial charge in [0, 0.05) is 0 Å². The van der Waals surface area contributed by atoms with Gasteiger partial charge in [-0.15, -0.1) is 0 Å². The number of methoxy groups -OCH3 is 1. The number of nitrogens with two attached hydrogens (primary N) is 1. The Morgan fingerprint density at radius 1 is 1.73 bits per heavy atom. The highest BCUT2D eigenvalue weighted by Crippen LogP contribution is 2.03. The Morgan fingerprint density at radius 3 is 3.00 bits per heavy atom. The number of hydrogen-bond donors (Lipinski definition) is 1. The van der Waals surface area contributed by atoms with Crippen molar-refractivity contribution in [2.24, 2.45) is 5.92 Å². The Labute approximate surface area is 64.9 Å². The molecule has 0 aromatic carbocycles. The Balaban J connectivity index is 2.54. The van der Waals surface area contributed by atoms with E-state index in [1.807, 2.05) is 5.32 Å². The fourth-order valence-corrected chi connectivity index (χ4v) is 1.20. The topological polar surface area (TPSA) is 60.0 Å². The van der Waals surface area contributed by atoms with Crippen LogP contribution in [-0.2, 0) is 14.3 Å². The highest BCUT2D eigenvalue weighted by molar-refractivity contribution is 5.99. The summed E-state index contributed by atoms with van der Waals surface area (Å²) >= 11 is 0. The summed E-state index contributed by atoms with van der Waals surface area (Å²) in [6.45, 7) is 1.35. The van der Waals surface area contributed by atoms with Crippen LogP contribution in [0, 0.1) is 5.92 Å². The molecule has 1 atom stereocenters. The van der Waals surface area contributed by atoms with Crippen LogP contribution in [0.1, 0.15) is 6.42 Å². The maximum absolute atomic E-state index is 11.1. The molecule has 1 aliphatic heterocycles. The Morgan fingerprint density at radius 2 is 2.45 bits per heavy atom. The van der Waals surface area contributed by atoms with Gasteiger partial charge in [-0.25, -0.2) is 0 Å². The van der Waals surface area contributed by atoms with Crippen molar-refractivity contribution >= 4 is 11.8 Å². The molecule has 4 heteroatoms. The van der Waals surface area contributed by atoms with Crippen molar-refractivity contribution in [3.63, 3.8) is 0 Å². The van der Waals surface area contributed by atoms with Crippen molar-refractivity contribution < 1.29 is 19.6 Å². The molecule has 0 spiro atoms. The third-order valence-electron chi connectivity index (χ3n) is 1.87. The van der Waals surface area contributed by atoms with E-state index in [9.17, 15) is 9.59 Å². The smallest absolute Gasteiger partial charge is 0.322 e. The maximum Gasteiger partial charge on any atom is 0.322 e. The van der Waals surface area contributed by atoms with Gasteiger partial charge in [-0.1, -0.05) is 0 Å². The average molecular weight is 158 g/mol. The molecule has 0 aliphatic carbocycles. The summed E-state index contributed by atoms with van der Waals surface area (Å²) in [6, 6.07) is 0. The standard InChI is InChI=1S/C7H11NO3/c1-11-7(10)5-4-8-3-2-6(5)9/h5,8H,2-4H2,1H3/p+1/t5-/m1/s1. The predicted octanol–water partition coefficient (Wildman–Crippen LogP) is -1.69. The molecule has 62 valence electrons. The molecular weight excluding hydrogens is 146 g/mol. The SMILES string of the molecule is COC(=O)[C@@H]1C[NH2+]CCC1=O. The van der Waals surface area contributed by atoms with Gasteiger partial charge >= 0.3 is 5.97 Å². The lowest BCUT2D eigenvalue weighted by molar-refractivity contribution is -0.660. The first-order valence-corrected chi connectivity index (χ1v) is 3.68. The molecule has 0 unspecified atom stereocenters. The summed E-state index contributed by atoms with van der Waals surface area (Å²) in [5, 5.41) is 1.96. The molecule has 0 radical (unpaired) electrons. The van der Waals surface area contributed by atoms with Gasteiger partial charge < -0.3 is 10.1 Å². The van der Waals surface area contributed by atoms with E-state index in [1.165, 1.54) is 7.11 Å². The molecule has 0 aromatic rings. The van der Waals surface area contributed by atoms with Gasteiger partial charge in [-0.2, -0.15) is 0 Å².